The van der Waals surface area contributed by atoms with E-state index < -0.39 is 6.10 Å². The van der Waals surface area contributed by atoms with Crippen LogP contribution in [-0.4, -0.2) is 86.1 Å². The van der Waals surface area contributed by atoms with Gasteiger partial charge in [0, 0.05) is 25.6 Å². The normalized spacial score (nSPS) is 28.7. The summed E-state index contributed by atoms with van der Waals surface area (Å²) in [5, 5.41) is 15.4. The third-order valence-corrected chi connectivity index (χ3v) is 5.18. The number of nitrogens with zero attached hydrogens (tertiary/aromatic N) is 1. The van der Waals surface area contributed by atoms with Crippen LogP contribution in [0.25, 0.3) is 0 Å². The lowest BCUT2D eigenvalue weighted by Gasteiger charge is -2.31. The summed E-state index contributed by atoms with van der Waals surface area (Å²) < 4.78 is 11.1. The zero-order valence-electron chi connectivity index (χ0n) is 15.8. The van der Waals surface area contributed by atoms with Gasteiger partial charge in [0.15, 0.2) is 0 Å². The minimum atomic E-state index is -0.517. The van der Waals surface area contributed by atoms with Crippen LogP contribution >= 0.6 is 0 Å². The minimum absolute atomic E-state index is 0.0168. The molecule has 0 unspecified atom stereocenters. The first-order valence-electron chi connectivity index (χ1n) is 9.97. The van der Waals surface area contributed by atoms with Crippen molar-refractivity contribution in [3.63, 3.8) is 0 Å². The first-order chi connectivity index (χ1) is 13.2. The van der Waals surface area contributed by atoms with Gasteiger partial charge in [-0.2, -0.15) is 0 Å². The Morgan fingerprint density at radius 2 is 1.96 bits per heavy atom. The Labute approximate surface area is 160 Å². The standard InChI is InChI=1S/C19H31N3O5/c23-13-17-16(21-19(25)14-2-3-14)5-4-15(27-17)12-18(24)20-6-1-7-22-8-10-26-11-9-22/h4-5,14-17,23H,1-3,6-13H2,(H,20,24)(H,21,25)/t15-,16-,17-/m0/s1. The average molecular weight is 381 g/mol. The van der Waals surface area contributed by atoms with Crippen LogP contribution < -0.4 is 10.6 Å². The Morgan fingerprint density at radius 3 is 2.67 bits per heavy atom. The quantitative estimate of drug-likeness (QED) is 0.365. The molecule has 2 heterocycles. The number of ether oxygens (including phenoxy) is 2. The molecule has 2 amide bonds. The van der Waals surface area contributed by atoms with Gasteiger partial charge in [-0.25, -0.2) is 0 Å². The molecule has 27 heavy (non-hydrogen) atoms. The van der Waals surface area contributed by atoms with Crippen LogP contribution in [0.4, 0.5) is 0 Å². The Morgan fingerprint density at radius 1 is 1.19 bits per heavy atom. The highest BCUT2D eigenvalue weighted by Crippen LogP contribution is 2.29. The molecule has 2 aliphatic heterocycles. The molecule has 0 bridgehead atoms. The highest BCUT2D eigenvalue weighted by Gasteiger charge is 2.34. The molecule has 1 aliphatic carbocycles. The van der Waals surface area contributed by atoms with E-state index in [4.69, 9.17) is 9.47 Å². The highest BCUT2D eigenvalue weighted by atomic mass is 16.5. The molecule has 0 spiro atoms. The minimum Gasteiger partial charge on any atom is -0.394 e. The summed E-state index contributed by atoms with van der Waals surface area (Å²) in [6, 6.07) is -0.337. The number of hydrogen-bond acceptors (Lipinski definition) is 6. The summed E-state index contributed by atoms with van der Waals surface area (Å²) in [4.78, 5) is 26.4. The Hall–Kier alpha value is -1.48. The number of carbonyl (C=O) groups is 2. The van der Waals surface area contributed by atoms with E-state index in [0.29, 0.717) is 6.54 Å². The first kappa shape index (κ1) is 20.3. The molecule has 3 N–H and O–H groups in total. The van der Waals surface area contributed by atoms with E-state index in [1.54, 1.807) is 6.08 Å². The van der Waals surface area contributed by atoms with Crippen molar-refractivity contribution in [3.05, 3.63) is 12.2 Å². The average Bonchev–Trinajstić information content (AvgIpc) is 3.52. The topological polar surface area (TPSA) is 100 Å². The maximum Gasteiger partial charge on any atom is 0.223 e. The highest BCUT2D eigenvalue weighted by molar-refractivity contribution is 5.81. The van der Waals surface area contributed by atoms with E-state index in [1.165, 1.54) is 0 Å². The monoisotopic (exact) mass is 381 g/mol. The molecular formula is C19H31N3O5. The number of morpholine rings is 1. The first-order valence-corrected chi connectivity index (χ1v) is 9.97. The van der Waals surface area contributed by atoms with Crippen molar-refractivity contribution in [2.24, 2.45) is 5.92 Å². The molecule has 2 fully saturated rings. The molecule has 1 saturated carbocycles. The van der Waals surface area contributed by atoms with Crippen LogP contribution in [-0.2, 0) is 19.1 Å². The van der Waals surface area contributed by atoms with Crippen LogP contribution in [0.2, 0.25) is 0 Å². The third-order valence-electron chi connectivity index (χ3n) is 5.18. The fraction of sp³-hybridized carbons (Fsp3) is 0.789. The number of aliphatic hydroxyl groups is 1. The number of carbonyl (C=O) groups excluding carboxylic acids is 2. The van der Waals surface area contributed by atoms with Crippen LogP contribution in [0, 0.1) is 5.92 Å². The van der Waals surface area contributed by atoms with E-state index in [1.807, 2.05) is 6.08 Å². The maximum absolute atomic E-state index is 12.1. The smallest absolute Gasteiger partial charge is 0.223 e. The van der Waals surface area contributed by atoms with Crippen molar-refractivity contribution in [1.82, 2.24) is 15.5 Å². The van der Waals surface area contributed by atoms with Gasteiger partial charge in [0.25, 0.3) is 0 Å². The van der Waals surface area contributed by atoms with E-state index in [2.05, 4.69) is 15.5 Å². The second-order valence-electron chi connectivity index (χ2n) is 7.45. The van der Waals surface area contributed by atoms with E-state index >= 15 is 0 Å². The largest absolute Gasteiger partial charge is 0.394 e. The van der Waals surface area contributed by atoms with Crippen molar-refractivity contribution < 1.29 is 24.2 Å². The maximum atomic E-state index is 12.1. The van der Waals surface area contributed by atoms with Gasteiger partial charge in [0.1, 0.15) is 6.10 Å². The summed E-state index contributed by atoms with van der Waals surface area (Å²) in [5.41, 5.74) is 0. The molecule has 0 aromatic heterocycles. The predicted molar refractivity (Wildman–Crippen MR) is 99.0 cm³/mol. The number of rotatable bonds is 9. The number of nitrogens with one attached hydrogen (secondary N) is 2. The van der Waals surface area contributed by atoms with Gasteiger partial charge in [-0.05, 0) is 25.8 Å². The molecule has 0 aromatic rings. The fourth-order valence-electron chi connectivity index (χ4n) is 3.37. The zero-order valence-corrected chi connectivity index (χ0v) is 15.8. The molecule has 1 saturated heterocycles. The van der Waals surface area contributed by atoms with Gasteiger partial charge in [0.05, 0.1) is 38.4 Å². The second kappa shape index (κ2) is 10.2. The SMILES string of the molecule is O=C(C[C@@H]1C=C[C@H](NC(=O)C2CC2)[C@H](CO)O1)NCCCN1CCOCC1. The number of amides is 2. The van der Waals surface area contributed by atoms with Gasteiger partial charge in [-0.3, -0.25) is 14.5 Å². The lowest BCUT2D eigenvalue weighted by Crippen LogP contribution is -2.49. The third kappa shape index (κ3) is 6.57. The van der Waals surface area contributed by atoms with Crippen LogP contribution in [0.1, 0.15) is 25.7 Å². The molecule has 8 heteroatoms. The fourth-order valence-corrected chi connectivity index (χ4v) is 3.37. The zero-order chi connectivity index (χ0) is 19.1. The lowest BCUT2D eigenvalue weighted by molar-refractivity contribution is -0.128. The summed E-state index contributed by atoms with van der Waals surface area (Å²) in [5.74, 6) is 0.0608. The van der Waals surface area contributed by atoms with Gasteiger partial charge < -0.3 is 25.2 Å². The lowest BCUT2D eigenvalue weighted by atomic mass is 10.0. The Bertz CT molecular complexity index is 531. The molecule has 0 aromatic carbocycles. The molecule has 0 radical (unpaired) electrons. The van der Waals surface area contributed by atoms with Crippen molar-refractivity contribution in [3.8, 4) is 0 Å². The number of hydrogen-bond donors (Lipinski definition) is 3. The van der Waals surface area contributed by atoms with Crippen molar-refractivity contribution in [2.45, 2.75) is 43.9 Å². The van der Waals surface area contributed by atoms with E-state index in [-0.39, 0.29) is 42.9 Å². The van der Waals surface area contributed by atoms with E-state index in [9.17, 15) is 14.7 Å². The van der Waals surface area contributed by atoms with Crippen molar-refractivity contribution in [1.29, 1.82) is 0 Å². The van der Waals surface area contributed by atoms with Crippen molar-refractivity contribution in [2.75, 3.05) is 46.0 Å². The van der Waals surface area contributed by atoms with Gasteiger partial charge in [-0.1, -0.05) is 12.2 Å². The molecular weight excluding hydrogens is 350 g/mol. The van der Waals surface area contributed by atoms with Crippen LogP contribution in [0.3, 0.4) is 0 Å². The second-order valence-corrected chi connectivity index (χ2v) is 7.45. The van der Waals surface area contributed by atoms with Crippen LogP contribution in [0.15, 0.2) is 12.2 Å². The summed E-state index contributed by atoms with van der Waals surface area (Å²) in [7, 11) is 0. The van der Waals surface area contributed by atoms with Gasteiger partial charge in [-0.15, -0.1) is 0 Å². The molecule has 3 aliphatic rings. The molecule has 3 rings (SSSR count). The predicted octanol–water partition coefficient (Wildman–Crippen LogP) is -0.574. The Balaban J connectivity index is 1.34. The van der Waals surface area contributed by atoms with E-state index in [0.717, 1.165) is 52.1 Å². The van der Waals surface area contributed by atoms with Gasteiger partial charge in [0.2, 0.25) is 11.8 Å². The number of aliphatic hydroxyl groups excluding tert-OH is 1. The summed E-state index contributed by atoms with van der Waals surface area (Å²) in [6.45, 7) is 4.87. The molecule has 8 nitrogen and oxygen atoms in total. The van der Waals surface area contributed by atoms with Crippen LogP contribution in [0.5, 0.6) is 0 Å². The van der Waals surface area contributed by atoms with Crippen molar-refractivity contribution >= 4 is 11.8 Å². The Kier molecular flexibility index (Phi) is 7.63. The summed E-state index contributed by atoms with van der Waals surface area (Å²) >= 11 is 0. The molecule has 152 valence electrons. The molecule has 3 atom stereocenters. The van der Waals surface area contributed by atoms with Gasteiger partial charge >= 0.3 is 0 Å². The summed E-state index contributed by atoms with van der Waals surface area (Å²) in [6.07, 6.45) is 5.73.